The van der Waals surface area contributed by atoms with Gasteiger partial charge in [-0.25, -0.2) is 4.98 Å². The predicted molar refractivity (Wildman–Crippen MR) is 137 cm³/mol. The van der Waals surface area contributed by atoms with Gasteiger partial charge in [0.1, 0.15) is 16.8 Å². The van der Waals surface area contributed by atoms with Crippen molar-refractivity contribution in [1.82, 2.24) is 4.98 Å². The van der Waals surface area contributed by atoms with Crippen LogP contribution in [0.3, 0.4) is 0 Å². The highest BCUT2D eigenvalue weighted by Crippen LogP contribution is 2.36. The molecule has 0 radical (unpaired) electrons. The maximum Gasteiger partial charge on any atom is 0.238 e. The molecule has 0 saturated heterocycles. The second-order valence-corrected chi connectivity index (χ2v) is 9.89. The first kappa shape index (κ1) is 24.1. The summed E-state index contributed by atoms with van der Waals surface area (Å²) in [5.41, 5.74) is 4.51. The number of aromatic nitrogens is 1. The molecule has 5 nitrogen and oxygen atoms in total. The van der Waals surface area contributed by atoms with Gasteiger partial charge in [0.15, 0.2) is 0 Å². The molecule has 2 aromatic carbocycles. The Morgan fingerprint density at radius 3 is 2.79 bits per heavy atom. The van der Waals surface area contributed by atoms with Crippen LogP contribution in [0.25, 0.3) is 0 Å². The van der Waals surface area contributed by atoms with Gasteiger partial charge in [0.25, 0.3) is 0 Å². The van der Waals surface area contributed by atoms with Gasteiger partial charge >= 0.3 is 0 Å². The number of fused-ring (bicyclic) bond motifs is 1. The van der Waals surface area contributed by atoms with E-state index in [-0.39, 0.29) is 5.91 Å². The normalized spacial score (nSPS) is 15.6. The fourth-order valence-electron chi connectivity index (χ4n) is 4.27. The molecule has 2 unspecified atom stereocenters. The predicted octanol–water partition coefficient (Wildman–Crippen LogP) is 6.40. The number of ether oxygens (including phenoxy) is 1. The van der Waals surface area contributed by atoms with Gasteiger partial charge in [0, 0.05) is 10.7 Å². The molecule has 1 aliphatic carbocycles. The average molecular weight is 492 g/mol. The smallest absolute Gasteiger partial charge is 0.238 e. The number of benzene rings is 2. The van der Waals surface area contributed by atoms with Gasteiger partial charge in [0.2, 0.25) is 5.91 Å². The Kier molecular flexibility index (Phi) is 7.77. The monoisotopic (exact) mass is 491 g/mol. The van der Waals surface area contributed by atoms with Crippen molar-refractivity contribution in [1.29, 1.82) is 5.26 Å². The fraction of sp³-hybridized carbons (Fsp3) is 0.296. The van der Waals surface area contributed by atoms with Crippen LogP contribution < -0.4 is 10.1 Å². The SMILES string of the molecule is CCC(Sc1nc2c(cc1C#N)CC(c1ccccc1)CC2)C(=O)Nc1cc(Cl)ccc1OC. The van der Waals surface area contributed by atoms with Crippen molar-refractivity contribution < 1.29 is 9.53 Å². The standard InChI is InChI=1S/C27H26ClN3O2S/c1-3-25(26(32)30-23-15-21(28)10-12-24(23)33-2)34-27-20(16-29)14-19-13-18(9-11-22(19)31-27)17-7-5-4-6-8-17/h4-8,10,12,14-15,18,25H,3,9,11,13H2,1-2H3,(H,30,32). The molecule has 4 rings (SSSR count). The molecule has 174 valence electrons. The third kappa shape index (κ3) is 5.38. The summed E-state index contributed by atoms with van der Waals surface area (Å²) in [4.78, 5) is 17.9. The number of halogens is 1. The quantitative estimate of drug-likeness (QED) is 0.387. The number of amides is 1. The number of nitrogens with zero attached hydrogens (tertiary/aromatic N) is 2. The zero-order valence-electron chi connectivity index (χ0n) is 19.2. The lowest BCUT2D eigenvalue weighted by atomic mass is 9.82. The Morgan fingerprint density at radius 2 is 2.09 bits per heavy atom. The second kappa shape index (κ2) is 10.9. The molecule has 3 aromatic rings. The van der Waals surface area contributed by atoms with Crippen LogP contribution >= 0.6 is 23.4 Å². The lowest BCUT2D eigenvalue weighted by Crippen LogP contribution is -2.25. The molecule has 1 amide bonds. The Morgan fingerprint density at radius 1 is 1.29 bits per heavy atom. The van der Waals surface area contributed by atoms with E-state index >= 15 is 0 Å². The zero-order valence-corrected chi connectivity index (χ0v) is 20.7. The first-order valence-electron chi connectivity index (χ1n) is 11.3. The molecule has 0 fully saturated rings. The first-order chi connectivity index (χ1) is 16.5. The van der Waals surface area contributed by atoms with Crippen molar-refractivity contribution in [2.75, 3.05) is 12.4 Å². The number of pyridine rings is 1. The summed E-state index contributed by atoms with van der Waals surface area (Å²) < 4.78 is 5.34. The number of carbonyl (C=O) groups excluding carboxylic acids is 1. The van der Waals surface area contributed by atoms with E-state index in [2.05, 4.69) is 35.7 Å². The highest BCUT2D eigenvalue weighted by Gasteiger charge is 2.26. The molecule has 2 atom stereocenters. The van der Waals surface area contributed by atoms with Crippen LogP contribution in [0.4, 0.5) is 5.69 Å². The van der Waals surface area contributed by atoms with E-state index in [0.717, 1.165) is 30.5 Å². The van der Waals surface area contributed by atoms with Gasteiger partial charge in [-0.2, -0.15) is 5.26 Å². The van der Waals surface area contributed by atoms with Crippen LogP contribution in [-0.2, 0) is 17.6 Å². The third-order valence-electron chi connectivity index (χ3n) is 6.08. The Hall–Kier alpha value is -3.01. The summed E-state index contributed by atoms with van der Waals surface area (Å²) in [6.07, 6.45) is 3.33. The van der Waals surface area contributed by atoms with Crippen LogP contribution in [0.5, 0.6) is 5.75 Å². The van der Waals surface area contributed by atoms with Gasteiger partial charge in [-0.15, -0.1) is 0 Å². The van der Waals surface area contributed by atoms with Gasteiger partial charge in [0.05, 0.1) is 23.6 Å². The summed E-state index contributed by atoms with van der Waals surface area (Å²) in [6, 6.07) is 19.8. The van der Waals surface area contributed by atoms with Crippen molar-refractivity contribution in [3.63, 3.8) is 0 Å². The van der Waals surface area contributed by atoms with Gasteiger partial charge in [-0.05, 0) is 67.0 Å². The summed E-state index contributed by atoms with van der Waals surface area (Å²) >= 11 is 7.43. The molecule has 7 heteroatoms. The Labute approximate surface area is 209 Å². The second-order valence-electron chi connectivity index (χ2n) is 8.26. The highest BCUT2D eigenvalue weighted by molar-refractivity contribution is 8.00. The summed E-state index contributed by atoms with van der Waals surface area (Å²) in [6.45, 7) is 1.95. The van der Waals surface area contributed by atoms with E-state index in [9.17, 15) is 10.1 Å². The number of carbonyl (C=O) groups is 1. The molecule has 1 aromatic heterocycles. The summed E-state index contributed by atoms with van der Waals surface area (Å²) in [5, 5.41) is 13.4. The number of anilines is 1. The summed E-state index contributed by atoms with van der Waals surface area (Å²) in [5.74, 6) is 0.790. The van der Waals surface area contributed by atoms with Gasteiger partial charge < -0.3 is 10.1 Å². The maximum absolute atomic E-state index is 13.1. The van der Waals surface area contributed by atoms with Crippen LogP contribution in [-0.4, -0.2) is 23.3 Å². The minimum absolute atomic E-state index is 0.180. The number of nitriles is 1. The molecule has 1 heterocycles. The van der Waals surface area contributed by atoms with Crippen LogP contribution in [0.1, 0.15) is 48.1 Å². The molecule has 1 N–H and O–H groups in total. The molecule has 0 saturated carbocycles. The third-order valence-corrected chi connectivity index (χ3v) is 7.68. The molecular formula is C27H26ClN3O2S. The van der Waals surface area contributed by atoms with E-state index < -0.39 is 5.25 Å². The number of hydrogen-bond acceptors (Lipinski definition) is 5. The van der Waals surface area contributed by atoms with E-state index in [1.807, 2.05) is 19.1 Å². The number of thioether (sulfide) groups is 1. The minimum Gasteiger partial charge on any atom is -0.495 e. The number of nitrogens with one attached hydrogen (secondary N) is 1. The average Bonchev–Trinajstić information content (AvgIpc) is 2.87. The van der Waals surface area contributed by atoms with Crippen molar-refractivity contribution in [3.8, 4) is 11.8 Å². The number of methoxy groups -OCH3 is 1. The molecule has 0 spiro atoms. The number of rotatable bonds is 7. The topological polar surface area (TPSA) is 75.0 Å². The van der Waals surface area contributed by atoms with Crippen molar-refractivity contribution >= 4 is 35.0 Å². The largest absolute Gasteiger partial charge is 0.495 e. The van der Waals surface area contributed by atoms with E-state index in [4.69, 9.17) is 21.3 Å². The van der Waals surface area contributed by atoms with E-state index in [1.54, 1.807) is 25.3 Å². The van der Waals surface area contributed by atoms with Crippen LogP contribution in [0, 0.1) is 11.3 Å². The molecule has 0 aliphatic heterocycles. The van der Waals surface area contributed by atoms with Crippen molar-refractivity contribution in [2.45, 2.75) is 48.8 Å². The minimum atomic E-state index is -0.415. The highest BCUT2D eigenvalue weighted by atomic mass is 35.5. The summed E-state index contributed by atoms with van der Waals surface area (Å²) in [7, 11) is 1.55. The molecule has 34 heavy (non-hydrogen) atoms. The first-order valence-corrected chi connectivity index (χ1v) is 12.6. The van der Waals surface area contributed by atoms with Crippen LogP contribution in [0.15, 0.2) is 59.6 Å². The maximum atomic E-state index is 13.1. The molecular weight excluding hydrogens is 466 g/mol. The lowest BCUT2D eigenvalue weighted by molar-refractivity contribution is -0.115. The molecule has 0 bridgehead atoms. The number of hydrogen-bond donors (Lipinski definition) is 1. The Bertz CT molecular complexity index is 1230. The van der Waals surface area contributed by atoms with Gasteiger partial charge in [-0.1, -0.05) is 60.6 Å². The Balaban J connectivity index is 1.53. The van der Waals surface area contributed by atoms with E-state index in [0.29, 0.717) is 39.4 Å². The van der Waals surface area contributed by atoms with Crippen molar-refractivity contribution in [3.05, 3.63) is 82.0 Å². The molecule has 1 aliphatic rings. The number of aryl methyl sites for hydroxylation is 1. The fourth-order valence-corrected chi connectivity index (χ4v) is 5.44. The lowest BCUT2D eigenvalue weighted by Gasteiger charge is -2.25. The van der Waals surface area contributed by atoms with E-state index in [1.165, 1.54) is 17.3 Å². The van der Waals surface area contributed by atoms with Crippen molar-refractivity contribution in [2.24, 2.45) is 0 Å². The zero-order chi connectivity index (χ0) is 24.1. The van der Waals surface area contributed by atoms with Crippen LogP contribution in [0.2, 0.25) is 5.02 Å². The van der Waals surface area contributed by atoms with Gasteiger partial charge in [-0.3, -0.25) is 4.79 Å².